The number of benzene rings is 2. The van der Waals surface area contributed by atoms with Gasteiger partial charge in [-0.2, -0.15) is 4.31 Å². The van der Waals surface area contributed by atoms with Crippen molar-refractivity contribution in [1.82, 2.24) is 4.31 Å². The zero-order chi connectivity index (χ0) is 25.2. The third-order valence-electron chi connectivity index (χ3n) is 6.91. The Hall–Kier alpha value is -2.75. The Morgan fingerprint density at radius 3 is 2.60 bits per heavy atom. The van der Waals surface area contributed by atoms with E-state index >= 15 is 0 Å². The van der Waals surface area contributed by atoms with Gasteiger partial charge in [0.05, 0.1) is 24.0 Å². The second-order valence-corrected chi connectivity index (χ2v) is 11.2. The summed E-state index contributed by atoms with van der Waals surface area (Å²) in [5, 5.41) is 2.84. The Morgan fingerprint density at radius 1 is 1.17 bits per heavy atom. The van der Waals surface area contributed by atoms with E-state index < -0.39 is 15.9 Å². The van der Waals surface area contributed by atoms with E-state index in [0.717, 1.165) is 17.7 Å². The van der Waals surface area contributed by atoms with Crippen LogP contribution in [0.1, 0.15) is 43.7 Å². The highest BCUT2D eigenvalue weighted by molar-refractivity contribution is 7.89. The van der Waals surface area contributed by atoms with Crippen molar-refractivity contribution in [2.45, 2.75) is 44.4 Å². The number of ether oxygens (including phenoxy) is 1. The van der Waals surface area contributed by atoms with E-state index in [0.29, 0.717) is 50.0 Å². The van der Waals surface area contributed by atoms with Crippen LogP contribution in [0.3, 0.4) is 0 Å². The number of hydrogen-bond donors (Lipinski definition) is 1. The molecule has 0 aromatic heterocycles. The quantitative estimate of drug-likeness (QED) is 0.629. The Bertz CT molecular complexity index is 1210. The molecule has 35 heavy (non-hydrogen) atoms. The van der Waals surface area contributed by atoms with Crippen LogP contribution in [0.5, 0.6) is 0 Å². The van der Waals surface area contributed by atoms with Crippen LogP contribution in [-0.2, 0) is 24.3 Å². The molecule has 0 aliphatic carbocycles. The van der Waals surface area contributed by atoms with Crippen molar-refractivity contribution in [1.29, 1.82) is 0 Å². The molecule has 9 heteroatoms. The summed E-state index contributed by atoms with van der Waals surface area (Å²) < 4.78 is 33.0. The Morgan fingerprint density at radius 2 is 1.89 bits per heavy atom. The van der Waals surface area contributed by atoms with Gasteiger partial charge >= 0.3 is 0 Å². The smallest absolute Gasteiger partial charge is 0.243 e. The van der Waals surface area contributed by atoms with Gasteiger partial charge in [-0.1, -0.05) is 38.1 Å². The van der Waals surface area contributed by atoms with Crippen molar-refractivity contribution in [3.63, 3.8) is 0 Å². The molecule has 0 bridgehead atoms. The number of amides is 2. The minimum Gasteiger partial charge on any atom is -0.379 e. The minimum absolute atomic E-state index is 0.0830. The maximum absolute atomic E-state index is 13.2. The summed E-state index contributed by atoms with van der Waals surface area (Å²) in [5.41, 5.74) is 2.97. The predicted octanol–water partition coefficient (Wildman–Crippen LogP) is 3.52. The lowest BCUT2D eigenvalue weighted by molar-refractivity contribution is -0.122. The van der Waals surface area contributed by atoms with Crippen molar-refractivity contribution >= 4 is 33.2 Å². The predicted molar refractivity (Wildman–Crippen MR) is 135 cm³/mol. The Labute approximate surface area is 207 Å². The summed E-state index contributed by atoms with van der Waals surface area (Å²) in [6.45, 7) is 7.60. The fourth-order valence-electron chi connectivity index (χ4n) is 4.61. The van der Waals surface area contributed by atoms with E-state index in [9.17, 15) is 18.0 Å². The number of nitrogens with one attached hydrogen (secondary N) is 1. The molecule has 8 nitrogen and oxygen atoms in total. The van der Waals surface area contributed by atoms with Crippen LogP contribution in [0.4, 0.5) is 11.4 Å². The van der Waals surface area contributed by atoms with Gasteiger partial charge in [-0.15, -0.1) is 0 Å². The normalized spacial score (nSPS) is 20.1. The fraction of sp³-hybridized carbons (Fsp3) is 0.462. The molecule has 1 N–H and O–H groups in total. The number of rotatable bonds is 7. The van der Waals surface area contributed by atoms with Crippen molar-refractivity contribution < 1.29 is 22.7 Å². The molecule has 2 aliphatic heterocycles. The van der Waals surface area contributed by atoms with Crippen molar-refractivity contribution in [2.75, 3.05) is 43.1 Å². The number of sulfonamides is 1. The number of para-hydroxylation sites is 1. The molecule has 188 valence electrons. The Kier molecular flexibility index (Phi) is 7.59. The summed E-state index contributed by atoms with van der Waals surface area (Å²) in [6, 6.07) is 12.7. The number of nitrogens with zero attached hydrogens (tertiary/aromatic N) is 2. The molecule has 2 aromatic rings. The highest BCUT2D eigenvalue weighted by Crippen LogP contribution is 2.34. The van der Waals surface area contributed by atoms with Gasteiger partial charge in [-0.3, -0.25) is 9.59 Å². The molecule has 2 fully saturated rings. The summed E-state index contributed by atoms with van der Waals surface area (Å²) in [7, 11) is -3.70. The van der Waals surface area contributed by atoms with Gasteiger partial charge in [-0.05, 0) is 48.6 Å². The van der Waals surface area contributed by atoms with Gasteiger partial charge in [0.25, 0.3) is 0 Å². The highest BCUT2D eigenvalue weighted by atomic mass is 32.2. The zero-order valence-electron chi connectivity index (χ0n) is 20.5. The standard InChI is InChI=1S/C26H33N3O5S/c1-4-18(2)22-7-5-6-8-23(22)29-17-20(15-25(29)30)26(31)27-21-10-9-19(3)24(16-21)35(32,33)28-11-13-34-14-12-28/h5-10,16,18,20H,4,11-15,17H2,1-3H3,(H,27,31)/t18-,20-/m0/s1. The lowest BCUT2D eigenvalue weighted by atomic mass is 9.96. The minimum atomic E-state index is -3.70. The molecule has 2 aromatic carbocycles. The van der Waals surface area contributed by atoms with Gasteiger partial charge in [-0.25, -0.2) is 8.42 Å². The van der Waals surface area contributed by atoms with Gasteiger partial charge in [0, 0.05) is 37.4 Å². The first-order chi connectivity index (χ1) is 16.7. The molecule has 2 heterocycles. The SMILES string of the molecule is CC[C@H](C)c1ccccc1N1C[C@@H](C(=O)Nc2ccc(C)c(S(=O)(=O)N3CCOCC3)c2)CC1=O. The fourth-order valence-corrected chi connectivity index (χ4v) is 6.27. The van der Waals surface area contributed by atoms with E-state index in [1.165, 1.54) is 10.4 Å². The topological polar surface area (TPSA) is 96.0 Å². The van der Waals surface area contributed by atoms with E-state index in [1.807, 2.05) is 24.3 Å². The highest BCUT2D eigenvalue weighted by Gasteiger charge is 2.36. The van der Waals surface area contributed by atoms with Crippen LogP contribution >= 0.6 is 0 Å². The molecule has 2 amide bonds. The van der Waals surface area contributed by atoms with Gasteiger partial charge in [0.1, 0.15) is 0 Å². The molecule has 0 saturated carbocycles. The number of carbonyl (C=O) groups is 2. The second-order valence-electron chi connectivity index (χ2n) is 9.26. The average Bonchev–Trinajstić information content (AvgIpc) is 3.26. The van der Waals surface area contributed by atoms with Gasteiger partial charge in [0.15, 0.2) is 0 Å². The summed E-state index contributed by atoms with van der Waals surface area (Å²) in [5.74, 6) is -0.597. The van der Waals surface area contributed by atoms with E-state index in [1.54, 1.807) is 24.0 Å². The first kappa shape index (κ1) is 25.3. The number of anilines is 2. The van der Waals surface area contributed by atoms with E-state index in [2.05, 4.69) is 19.2 Å². The van der Waals surface area contributed by atoms with Crippen molar-refractivity contribution in [3.05, 3.63) is 53.6 Å². The molecule has 2 saturated heterocycles. The summed E-state index contributed by atoms with van der Waals surface area (Å²) >= 11 is 0. The van der Waals surface area contributed by atoms with Crippen LogP contribution < -0.4 is 10.2 Å². The van der Waals surface area contributed by atoms with E-state index in [4.69, 9.17) is 4.74 Å². The monoisotopic (exact) mass is 499 g/mol. The van der Waals surface area contributed by atoms with Gasteiger partial charge < -0.3 is 15.0 Å². The first-order valence-corrected chi connectivity index (χ1v) is 13.5. The second kappa shape index (κ2) is 10.5. The molecule has 0 radical (unpaired) electrons. The van der Waals surface area contributed by atoms with Crippen molar-refractivity contribution in [3.8, 4) is 0 Å². The molecule has 0 unspecified atom stereocenters. The molecular formula is C26H33N3O5S. The molecule has 2 aliphatic rings. The number of morpholine rings is 1. The lowest BCUT2D eigenvalue weighted by Crippen LogP contribution is -2.40. The van der Waals surface area contributed by atoms with Crippen LogP contribution in [0, 0.1) is 12.8 Å². The maximum Gasteiger partial charge on any atom is 0.243 e. The number of carbonyl (C=O) groups excluding carboxylic acids is 2. The third-order valence-corrected chi connectivity index (χ3v) is 8.95. The zero-order valence-corrected chi connectivity index (χ0v) is 21.3. The number of aryl methyl sites for hydroxylation is 1. The molecule has 0 spiro atoms. The number of hydrogen-bond acceptors (Lipinski definition) is 5. The molecule has 4 rings (SSSR count). The van der Waals surface area contributed by atoms with Crippen LogP contribution in [-0.4, -0.2) is 57.4 Å². The largest absolute Gasteiger partial charge is 0.379 e. The molecule has 2 atom stereocenters. The lowest BCUT2D eigenvalue weighted by Gasteiger charge is -2.27. The van der Waals surface area contributed by atoms with Gasteiger partial charge in [0.2, 0.25) is 21.8 Å². The third kappa shape index (κ3) is 5.27. The van der Waals surface area contributed by atoms with Crippen LogP contribution in [0.2, 0.25) is 0 Å². The van der Waals surface area contributed by atoms with Crippen LogP contribution in [0.15, 0.2) is 47.4 Å². The Balaban J connectivity index is 1.50. The first-order valence-electron chi connectivity index (χ1n) is 12.1. The maximum atomic E-state index is 13.2. The molecular weight excluding hydrogens is 466 g/mol. The van der Waals surface area contributed by atoms with E-state index in [-0.39, 0.29) is 23.1 Å². The summed E-state index contributed by atoms with van der Waals surface area (Å²) in [4.78, 5) is 27.8. The van der Waals surface area contributed by atoms with Crippen LogP contribution in [0.25, 0.3) is 0 Å². The average molecular weight is 500 g/mol. The summed E-state index contributed by atoms with van der Waals surface area (Å²) in [6.07, 6.45) is 1.07. The van der Waals surface area contributed by atoms with Crippen molar-refractivity contribution in [2.24, 2.45) is 5.92 Å².